The lowest BCUT2D eigenvalue weighted by molar-refractivity contribution is -0.133. The van der Waals surface area contributed by atoms with Gasteiger partial charge in [0.15, 0.2) is 0 Å². The Balaban J connectivity index is 1.95. The van der Waals surface area contributed by atoms with E-state index in [1.54, 1.807) is 12.1 Å². The van der Waals surface area contributed by atoms with Crippen molar-refractivity contribution in [1.29, 1.82) is 0 Å². The van der Waals surface area contributed by atoms with E-state index < -0.39 is 11.8 Å². The summed E-state index contributed by atoms with van der Waals surface area (Å²) in [5.74, 6) is -1.55. The van der Waals surface area contributed by atoms with Crippen molar-refractivity contribution in [1.82, 2.24) is 14.9 Å². The molecule has 2 N–H and O–H groups in total. The minimum Gasteiger partial charge on any atom is -0.318 e. The second-order valence-electron chi connectivity index (χ2n) is 3.63. The number of nitrogens with zero attached hydrogens (tertiary/aromatic N) is 3. The molecule has 2 rings (SSSR count). The van der Waals surface area contributed by atoms with Crippen molar-refractivity contribution in [2.75, 3.05) is 10.7 Å². The number of hydrogen-bond donors (Lipinski definition) is 2. The minimum absolute atomic E-state index is 0.560. The zero-order chi connectivity index (χ0) is 13.0. The topological polar surface area (TPSA) is 88.9 Å². The van der Waals surface area contributed by atoms with E-state index in [0.717, 1.165) is 5.56 Å². The average molecular weight is 245 g/mol. The summed E-state index contributed by atoms with van der Waals surface area (Å²) in [7, 11) is 0. The van der Waals surface area contributed by atoms with Crippen LogP contribution in [0.3, 0.4) is 0 Å². The van der Waals surface area contributed by atoms with Crippen LogP contribution in [0.2, 0.25) is 0 Å². The molecule has 0 aliphatic heterocycles. The van der Waals surface area contributed by atoms with Gasteiger partial charge >= 0.3 is 11.8 Å². The molecule has 2 aromatic rings. The molecule has 0 atom stereocenters. The Morgan fingerprint density at radius 3 is 2.28 bits per heavy atom. The fourth-order valence-corrected chi connectivity index (χ4v) is 1.25. The molecular weight excluding hydrogens is 234 g/mol. The third-order valence-corrected chi connectivity index (χ3v) is 2.17. The van der Waals surface area contributed by atoms with E-state index in [2.05, 4.69) is 20.9 Å². The van der Waals surface area contributed by atoms with Crippen molar-refractivity contribution >= 4 is 17.5 Å². The summed E-state index contributed by atoms with van der Waals surface area (Å²) in [6.07, 6.45) is 2.55. The van der Waals surface area contributed by atoms with E-state index in [1.807, 2.05) is 19.1 Å². The number of benzene rings is 1. The van der Waals surface area contributed by atoms with Crippen LogP contribution in [-0.2, 0) is 9.59 Å². The van der Waals surface area contributed by atoms with Gasteiger partial charge in [-0.2, -0.15) is 0 Å². The molecule has 7 heteroatoms. The quantitative estimate of drug-likeness (QED) is 0.744. The summed E-state index contributed by atoms with van der Waals surface area (Å²) >= 11 is 0. The maximum atomic E-state index is 11.5. The number of carbonyl (C=O) groups is 2. The van der Waals surface area contributed by atoms with Crippen LogP contribution >= 0.6 is 0 Å². The lowest BCUT2D eigenvalue weighted by Crippen LogP contribution is -2.33. The van der Waals surface area contributed by atoms with Crippen LogP contribution in [0.5, 0.6) is 0 Å². The third kappa shape index (κ3) is 2.91. The zero-order valence-electron chi connectivity index (χ0n) is 9.62. The summed E-state index contributed by atoms with van der Waals surface area (Å²) in [4.78, 5) is 23.0. The molecule has 2 amide bonds. The molecule has 0 bridgehead atoms. The van der Waals surface area contributed by atoms with Gasteiger partial charge in [0, 0.05) is 5.69 Å². The fourth-order valence-electron chi connectivity index (χ4n) is 1.25. The van der Waals surface area contributed by atoms with Crippen LogP contribution in [0, 0.1) is 6.92 Å². The number of amides is 2. The van der Waals surface area contributed by atoms with E-state index in [1.165, 1.54) is 17.3 Å². The van der Waals surface area contributed by atoms with Crippen LogP contribution in [-0.4, -0.2) is 26.7 Å². The smallest absolute Gasteiger partial charge is 0.318 e. The fraction of sp³-hybridized carbons (Fsp3) is 0.0909. The molecule has 0 unspecified atom stereocenters. The van der Waals surface area contributed by atoms with Crippen molar-refractivity contribution < 1.29 is 9.59 Å². The van der Waals surface area contributed by atoms with Gasteiger partial charge in [0.2, 0.25) is 0 Å². The summed E-state index contributed by atoms with van der Waals surface area (Å²) < 4.78 is 1.19. The van der Waals surface area contributed by atoms with Crippen LogP contribution in [0.25, 0.3) is 0 Å². The van der Waals surface area contributed by atoms with Gasteiger partial charge in [0.1, 0.15) is 12.7 Å². The van der Waals surface area contributed by atoms with Gasteiger partial charge < -0.3 is 5.32 Å². The second kappa shape index (κ2) is 5.09. The highest BCUT2D eigenvalue weighted by molar-refractivity contribution is 6.42. The lowest BCUT2D eigenvalue weighted by atomic mass is 10.2. The van der Waals surface area contributed by atoms with E-state index >= 15 is 0 Å². The summed E-state index contributed by atoms with van der Waals surface area (Å²) in [6, 6.07) is 7.12. The number of aromatic nitrogens is 3. The molecule has 18 heavy (non-hydrogen) atoms. The van der Waals surface area contributed by atoms with Gasteiger partial charge in [-0.25, -0.2) is 4.68 Å². The summed E-state index contributed by atoms with van der Waals surface area (Å²) in [5, 5.41) is 9.47. The highest BCUT2D eigenvalue weighted by Crippen LogP contribution is 2.08. The molecule has 1 aromatic heterocycles. The number of anilines is 1. The first-order valence-electron chi connectivity index (χ1n) is 5.19. The Hall–Kier alpha value is -2.70. The van der Waals surface area contributed by atoms with Gasteiger partial charge in [-0.05, 0) is 19.1 Å². The summed E-state index contributed by atoms with van der Waals surface area (Å²) in [6.45, 7) is 1.93. The first kappa shape index (κ1) is 11.8. The molecule has 0 saturated carbocycles. The first-order chi connectivity index (χ1) is 8.65. The van der Waals surface area contributed by atoms with Crippen LogP contribution in [0.1, 0.15) is 5.56 Å². The predicted octanol–water partition coefficient (Wildman–Crippen LogP) is 0.295. The van der Waals surface area contributed by atoms with Crippen LogP contribution in [0.4, 0.5) is 5.69 Å². The number of aryl methyl sites for hydroxylation is 1. The molecule has 0 aliphatic rings. The van der Waals surface area contributed by atoms with Crippen molar-refractivity contribution in [2.24, 2.45) is 0 Å². The number of hydrogen-bond acceptors (Lipinski definition) is 4. The average Bonchev–Trinajstić information content (AvgIpc) is 2.85. The van der Waals surface area contributed by atoms with Crippen molar-refractivity contribution in [2.45, 2.75) is 6.92 Å². The van der Waals surface area contributed by atoms with E-state index in [9.17, 15) is 9.59 Å². The standard InChI is InChI=1S/C11H11N5O2/c1-8-2-4-9(5-3-8)14-10(17)11(18)15-16-6-12-13-7-16/h2-7H,1H3,(H,14,17)(H,15,18). The molecular formula is C11H11N5O2. The molecule has 7 nitrogen and oxygen atoms in total. The Bertz CT molecular complexity index is 547. The van der Waals surface area contributed by atoms with Gasteiger partial charge in [-0.1, -0.05) is 17.7 Å². The molecule has 0 aliphatic carbocycles. The maximum Gasteiger partial charge on any atom is 0.328 e. The molecule has 92 valence electrons. The highest BCUT2D eigenvalue weighted by atomic mass is 16.2. The minimum atomic E-state index is -0.796. The van der Waals surface area contributed by atoms with Crippen molar-refractivity contribution in [3.63, 3.8) is 0 Å². The van der Waals surface area contributed by atoms with Gasteiger partial charge in [-0.3, -0.25) is 15.0 Å². The predicted molar refractivity (Wildman–Crippen MR) is 64.2 cm³/mol. The molecule has 0 spiro atoms. The van der Waals surface area contributed by atoms with Crippen LogP contribution in [0.15, 0.2) is 36.9 Å². The second-order valence-corrected chi connectivity index (χ2v) is 3.63. The monoisotopic (exact) mass is 245 g/mol. The number of nitrogens with one attached hydrogen (secondary N) is 2. The SMILES string of the molecule is Cc1ccc(NC(=O)C(=O)Nn2cnnc2)cc1. The number of rotatable bonds is 2. The first-order valence-corrected chi connectivity index (χ1v) is 5.19. The Kier molecular flexibility index (Phi) is 3.33. The van der Waals surface area contributed by atoms with Crippen LogP contribution < -0.4 is 10.7 Å². The van der Waals surface area contributed by atoms with Gasteiger partial charge in [0.25, 0.3) is 0 Å². The highest BCUT2D eigenvalue weighted by Gasteiger charge is 2.13. The normalized spacial score (nSPS) is 9.83. The molecule has 0 fully saturated rings. The van der Waals surface area contributed by atoms with Gasteiger partial charge in [0.05, 0.1) is 0 Å². The van der Waals surface area contributed by atoms with Crippen molar-refractivity contribution in [3.05, 3.63) is 42.5 Å². The van der Waals surface area contributed by atoms with E-state index in [-0.39, 0.29) is 0 Å². The molecule has 0 saturated heterocycles. The largest absolute Gasteiger partial charge is 0.328 e. The maximum absolute atomic E-state index is 11.5. The molecule has 0 radical (unpaired) electrons. The Labute approximate surface area is 103 Å². The molecule has 1 aromatic carbocycles. The Morgan fingerprint density at radius 1 is 1.06 bits per heavy atom. The summed E-state index contributed by atoms with van der Waals surface area (Å²) in [5.41, 5.74) is 3.92. The third-order valence-electron chi connectivity index (χ3n) is 2.17. The Morgan fingerprint density at radius 2 is 1.67 bits per heavy atom. The van der Waals surface area contributed by atoms with Gasteiger partial charge in [-0.15, -0.1) is 10.2 Å². The van der Waals surface area contributed by atoms with Crippen molar-refractivity contribution in [3.8, 4) is 0 Å². The zero-order valence-corrected chi connectivity index (χ0v) is 9.62. The van der Waals surface area contributed by atoms with E-state index in [4.69, 9.17) is 0 Å². The molecule has 1 heterocycles. The van der Waals surface area contributed by atoms with E-state index in [0.29, 0.717) is 5.69 Å². The number of carbonyl (C=O) groups excluding carboxylic acids is 2. The lowest BCUT2D eigenvalue weighted by Gasteiger charge is -2.06.